The smallest absolute Gasteiger partial charge is 0.326 e. The number of rotatable bonds is 5. The number of halogens is 1. The van der Waals surface area contributed by atoms with E-state index in [4.69, 9.17) is 16.6 Å². The number of carbonyl (C=O) groups is 2. The number of carboxylic acids is 1. The van der Waals surface area contributed by atoms with E-state index in [1.54, 1.807) is 19.1 Å². The molecule has 0 spiro atoms. The van der Waals surface area contributed by atoms with Crippen LogP contribution >= 0.6 is 39.9 Å². The first-order valence-corrected chi connectivity index (χ1v) is 10.2. The molecule has 1 N–H and O–H groups in total. The average Bonchev–Trinajstić information content (AvgIpc) is 3.15. The van der Waals surface area contributed by atoms with Crippen LogP contribution < -0.4 is 0 Å². The first-order chi connectivity index (χ1) is 12.8. The van der Waals surface area contributed by atoms with Crippen molar-refractivity contribution >= 4 is 62.2 Å². The lowest BCUT2D eigenvalue weighted by Gasteiger charge is -2.21. The number of furan rings is 1. The summed E-state index contributed by atoms with van der Waals surface area (Å²) in [6, 6.07) is 8.58. The second-order valence-electron chi connectivity index (χ2n) is 6.00. The number of nitrogens with zero attached hydrogens (tertiary/aromatic N) is 1. The van der Waals surface area contributed by atoms with Gasteiger partial charge in [0.2, 0.25) is 0 Å². The summed E-state index contributed by atoms with van der Waals surface area (Å²) in [5.74, 6) is -0.310. The lowest BCUT2D eigenvalue weighted by molar-refractivity contribution is -0.145. The van der Waals surface area contributed by atoms with Crippen LogP contribution in [0.3, 0.4) is 0 Å². The zero-order chi connectivity index (χ0) is 19.7. The number of hydrogen-bond acceptors (Lipinski definition) is 5. The van der Waals surface area contributed by atoms with E-state index in [2.05, 4.69) is 15.9 Å². The molecule has 3 rings (SSSR count). The predicted molar refractivity (Wildman–Crippen MR) is 113 cm³/mol. The Morgan fingerprint density at radius 2 is 2.15 bits per heavy atom. The van der Waals surface area contributed by atoms with Crippen LogP contribution in [0, 0.1) is 6.92 Å². The first-order valence-electron chi connectivity index (χ1n) is 8.18. The molecule has 0 saturated carbocycles. The van der Waals surface area contributed by atoms with Crippen LogP contribution in [0.4, 0.5) is 0 Å². The average molecular weight is 466 g/mol. The molecule has 0 bridgehead atoms. The molecule has 1 aliphatic heterocycles. The molecule has 5 nitrogen and oxygen atoms in total. The fourth-order valence-corrected chi connectivity index (χ4v) is 4.77. The summed E-state index contributed by atoms with van der Waals surface area (Å²) >= 11 is 9.83. The Morgan fingerprint density at radius 1 is 1.41 bits per heavy atom. The maximum absolute atomic E-state index is 12.6. The maximum Gasteiger partial charge on any atom is 0.326 e. The highest BCUT2D eigenvalue weighted by Crippen LogP contribution is 2.36. The molecule has 0 radical (unpaired) electrons. The standard InChI is InChI=1S/C19H16BrNO4S2/c1-3-14(18(23)24)21-17(22)16(27-19(21)26)9-11-5-7-15(25-11)12-6-4-10(2)8-13(12)20/h4-9,14H,3H2,1-2H3,(H,23,24)/b16-9-/t14-/m1/s1. The molecule has 140 valence electrons. The molecule has 1 amide bonds. The van der Waals surface area contributed by atoms with Gasteiger partial charge in [0.25, 0.3) is 5.91 Å². The molecule has 1 saturated heterocycles. The van der Waals surface area contributed by atoms with Gasteiger partial charge in [0, 0.05) is 16.1 Å². The van der Waals surface area contributed by atoms with Crippen LogP contribution in [-0.4, -0.2) is 32.2 Å². The number of aryl methyl sites for hydroxylation is 1. The van der Waals surface area contributed by atoms with Crippen molar-refractivity contribution in [2.24, 2.45) is 0 Å². The highest BCUT2D eigenvalue weighted by Gasteiger charge is 2.39. The molecule has 1 aliphatic rings. The molecule has 8 heteroatoms. The Bertz CT molecular complexity index is 966. The van der Waals surface area contributed by atoms with Gasteiger partial charge in [-0.2, -0.15) is 0 Å². The van der Waals surface area contributed by atoms with Gasteiger partial charge in [0.15, 0.2) is 0 Å². The van der Waals surface area contributed by atoms with Crippen LogP contribution in [-0.2, 0) is 9.59 Å². The minimum Gasteiger partial charge on any atom is -0.480 e. The number of thioether (sulfide) groups is 1. The third-order valence-corrected chi connectivity index (χ3v) is 6.08. The lowest BCUT2D eigenvalue weighted by Crippen LogP contribution is -2.43. The zero-order valence-corrected chi connectivity index (χ0v) is 17.8. The van der Waals surface area contributed by atoms with Crippen LogP contribution in [0.2, 0.25) is 0 Å². The summed E-state index contributed by atoms with van der Waals surface area (Å²) in [6.07, 6.45) is 1.88. The van der Waals surface area contributed by atoms with Gasteiger partial charge in [-0.3, -0.25) is 9.69 Å². The van der Waals surface area contributed by atoms with Crippen molar-refractivity contribution in [2.45, 2.75) is 26.3 Å². The van der Waals surface area contributed by atoms with Gasteiger partial charge in [0.05, 0.1) is 4.91 Å². The maximum atomic E-state index is 12.6. The molecule has 2 aromatic rings. The van der Waals surface area contributed by atoms with Crippen LogP contribution in [0.25, 0.3) is 17.4 Å². The summed E-state index contributed by atoms with van der Waals surface area (Å²) in [4.78, 5) is 25.5. The third kappa shape index (κ3) is 4.02. The van der Waals surface area contributed by atoms with Crippen LogP contribution in [0.1, 0.15) is 24.7 Å². The number of carbonyl (C=O) groups excluding carboxylic acids is 1. The van der Waals surface area contributed by atoms with E-state index < -0.39 is 17.9 Å². The molecule has 1 aromatic heterocycles. The van der Waals surface area contributed by atoms with Crippen molar-refractivity contribution in [3.8, 4) is 11.3 Å². The number of hydrogen-bond donors (Lipinski definition) is 1. The lowest BCUT2D eigenvalue weighted by atomic mass is 10.1. The van der Waals surface area contributed by atoms with E-state index in [9.17, 15) is 14.7 Å². The van der Waals surface area contributed by atoms with Gasteiger partial charge in [-0.15, -0.1) is 0 Å². The molecule has 0 aliphatic carbocycles. The van der Waals surface area contributed by atoms with Gasteiger partial charge in [0.1, 0.15) is 21.9 Å². The Morgan fingerprint density at radius 3 is 2.78 bits per heavy atom. The van der Waals surface area contributed by atoms with E-state index in [0.717, 1.165) is 32.3 Å². The topological polar surface area (TPSA) is 70.8 Å². The van der Waals surface area contributed by atoms with Crippen LogP contribution in [0.15, 0.2) is 44.1 Å². The van der Waals surface area contributed by atoms with E-state index in [1.165, 1.54) is 0 Å². The third-order valence-electron chi connectivity index (χ3n) is 4.10. The van der Waals surface area contributed by atoms with E-state index in [0.29, 0.717) is 16.4 Å². The van der Waals surface area contributed by atoms with Gasteiger partial charge in [-0.25, -0.2) is 4.79 Å². The van der Waals surface area contributed by atoms with E-state index >= 15 is 0 Å². The monoisotopic (exact) mass is 465 g/mol. The molecule has 1 aromatic carbocycles. The Labute approximate surface area is 174 Å². The molecule has 1 atom stereocenters. The summed E-state index contributed by atoms with van der Waals surface area (Å²) in [6.45, 7) is 3.71. The van der Waals surface area contributed by atoms with Crippen molar-refractivity contribution < 1.29 is 19.1 Å². The highest BCUT2D eigenvalue weighted by molar-refractivity contribution is 9.10. The molecular weight excluding hydrogens is 450 g/mol. The number of amides is 1. The number of benzene rings is 1. The molecule has 1 fully saturated rings. The molecule has 0 unspecified atom stereocenters. The van der Waals surface area contributed by atoms with E-state index in [-0.39, 0.29) is 10.7 Å². The Balaban J connectivity index is 1.88. The fraction of sp³-hybridized carbons (Fsp3) is 0.211. The quantitative estimate of drug-likeness (QED) is 0.490. The summed E-state index contributed by atoms with van der Waals surface area (Å²) < 4.78 is 7.02. The number of thiocarbonyl (C=S) groups is 1. The van der Waals surface area contributed by atoms with Crippen molar-refractivity contribution in [1.82, 2.24) is 4.90 Å². The van der Waals surface area contributed by atoms with Gasteiger partial charge >= 0.3 is 5.97 Å². The highest BCUT2D eigenvalue weighted by atomic mass is 79.9. The summed E-state index contributed by atoms with van der Waals surface area (Å²) in [5, 5.41) is 9.31. The van der Waals surface area contributed by atoms with Gasteiger partial charge < -0.3 is 9.52 Å². The molecular formula is C19H16BrNO4S2. The minimum absolute atomic E-state index is 0.244. The second kappa shape index (κ2) is 8.00. The van der Waals surface area contributed by atoms with Gasteiger partial charge in [-0.05, 0) is 43.2 Å². The Kier molecular flexibility index (Phi) is 5.88. The molecule has 27 heavy (non-hydrogen) atoms. The summed E-state index contributed by atoms with van der Waals surface area (Å²) in [5.41, 5.74) is 2.04. The van der Waals surface area contributed by atoms with Crippen molar-refractivity contribution in [3.63, 3.8) is 0 Å². The minimum atomic E-state index is -1.07. The fourth-order valence-electron chi connectivity index (χ4n) is 2.74. The largest absolute Gasteiger partial charge is 0.480 e. The van der Waals surface area contributed by atoms with E-state index in [1.807, 2.05) is 31.2 Å². The SMILES string of the molecule is CC[C@H](C(=O)O)N1C(=O)/C(=C/c2ccc(-c3ccc(C)cc3Br)o2)SC1=S. The van der Waals surface area contributed by atoms with Gasteiger partial charge in [-0.1, -0.05) is 52.9 Å². The molecule has 2 heterocycles. The van der Waals surface area contributed by atoms with Crippen molar-refractivity contribution in [2.75, 3.05) is 0 Å². The number of carboxylic acid groups (broad SMARTS) is 1. The Hall–Kier alpha value is -1.90. The van der Waals surface area contributed by atoms with Crippen molar-refractivity contribution in [3.05, 3.63) is 51.0 Å². The van der Waals surface area contributed by atoms with Crippen molar-refractivity contribution in [1.29, 1.82) is 0 Å². The normalized spacial score (nSPS) is 17.0. The predicted octanol–water partition coefficient (Wildman–Crippen LogP) is 5.08. The first kappa shape index (κ1) is 19.9. The zero-order valence-electron chi connectivity index (χ0n) is 14.6. The number of aliphatic carboxylic acids is 1. The van der Waals surface area contributed by atoms with Crippen LogP contribution in [0.5, 0.6) is 0 Å². The summed E-state index contributed by atoms with van der Waals surface area (Å²) in [7, 11) is 0. The second-order valence-corrected chi connectivity index (χ2v) is 8.53.